The molecule has 0 spiro atoms. The first-order chi connectivity index (χ1) is 13.6. The highest BCUT2D eigenvalue weighted by atomic mass is 35.5. The van der Waals surface area contributed by atoms with Crippen molar-refractivity contribution in [2.24, 2.45) is 4.99 Å². The molecule has 0 saturated carbocycles. The van der Waals surface area contributed by atoms with Gasteiger partial charge in [0.25, 0.3) is 0 Å². The molecule has 28 heavy (non-hydrogen) atoms. The number of guanidine groups is 1. The molecule has 0 bridgehead atoms. The van der Waals surface area contributed by atoms with Crippen LogP contribution >= 0.6 is 11.6 Å². The molecule has 0 atom stereocenters. The zero-order valence-electron chi connectivity index (χ0n) is 15.7. The number of hydrogen-bond donors (Lipinski definition) is 3. The summed E-state index contributed by atoms with van der Waals surface area (Å²) >= 11 is 6.08. The zero-order chi connectivity index (χ0) is 19.9. The maximum Gasteiger partial charge on any atom is 0.226 e. The molecule has 0 aliphatic carbocycles. The molecule has 1 aromatic carbocycles. The highest BCUT2D eigenvalue weighted by Gasteiger charge is 2.08. The molecule has 0 unspecified atom stereocenters. The molecule has 3 N–H and O–H groups in total. The predicted molar refractivity (Wildman–Crippen MR) is 111 cm³/mol. The minimum absolute atomic E-state index is 0.100. The molecule has 2 aromatic heterocycles. The first-order valence-electron chi connectivity index (χ1n) is 8.86. The van der Waals surface area contributed by atoms with Crippen LogP contribution in [0.3, 0.4) is 0 Å². The Kier molecular flexibility index (Phi) is 6.44. The standard InChI is InChI=1S/C19H22ClN7O/c1-13-14(20)6-5-7-15(13)24-18(28)9-10-22-19(21-2)23-12-17-26-25-16-8-3-4-11-27(16)17/h3-8,11H,9-10,12H2,1-2H3,(H,24,28)(H2,21,22,23). The Morgan fingerprint density at radius 1 is 1.18 bits per heavy atom. The van der Waals surface area contributed by atoms with Gasteiger partial charge in [-0.3, -0.25) is 14.2 Å². The van der Waals surface area contributed by atoms with Crippen molar-refractivity contribution >= 4 is 34.8 Å². The molecule has 0 saturated heterocycles. The van der Waals surface area contributed by atoms with Crippen LogP contribution in [-0.2, 0) is 11.3 Å². The van der Waals surface area contributed by atoms with E-state index in [0.29, 0.717) is 30.5 Å². The lowest BCUT2D eigenvalue weighted by atomic mass is 10.2. The van der Waals surface area contributed by atoms with Gasteiger partial charge in [0.2, 0.25) is 5.91 Å². The quantitative estimate of drug-likeness (QED) is 0.437. The first kappa shape index (κ1) is 19.6. The van der Waals surface area contributed by atoms with Crippen LogP contribution in [0.5, 0.6) is 0 Å². The molecule has 1 amide bonds. The average molecular weight is 400 g/mol. The maximum absolute atomic E-state index is 12.2. The largest absolute Gasteiger partial charge is 0.356 e. The molecule has 0 aliphatic rings. The third-order valence-electron chi connectivity index (χ3n) is 4.21. The average Bonchev–Trinajstić information content (AvgIpc) is 3.11. The molecule has 2 heterocycles. The van der Waals surface area contributed by atoms with Crippen molar-refractivity contribution in [2.75, 3.05) is 18.9 Å². The highest BCUT2D eigenvalue weighted by molar-refractivity contribution is 6.31. The topological polar surface area (TPSA) is 95.7 Å². The molecular formula is C19H22ClN7O. The summed E-state index contributed by atoms with van der Waals surface area (Å²) in [6.07, 6.45) is 2.20. The summed E-state index contributed by atoms with van der Waals surface area (Å²) in [7, 11) is 1.67. The van der Waals surface area contributed by atoms with E-state index in [-0.39, 0.29) is 5.91 Å². The second-order valence-corrected chi connectivity index (χ2v) is 6.52. The SMILES string of the molecule is CN=C(NCCC(=O)Nc1cccc(Cl)c1C)NCc1nnc2ccccn12. The van der Waals surface area contributed by atoms with Crippen LogP contribution in [-0.4, -0.2) is 40.1 Å². The smallest absolute Gasteiger partial charge is 0.226 e. The van der Waals surface area contributed by atoms with E-state index in [9.17, 15) is 4.79 Å². The number of pyridine rings is 1. The number of fused-ring (bicyclic) bond motifs is 1. The van der Waals surface area contributed by atoms with Gasteiger partial charge in [-0.25, -0.2) is 0 Å². The van der Waals surface area contributed by atoms with Crippen molar-refractivity contribution in [3.63, 3.8) is 0 Å². The van der Waals surface area contributed by atoms with Crippen LogP contribution in [0.25, 0.3) is 5.65 Å². The van der Waals surface area contributed by atoms with Gasteiger partial charge in [-0.1, -0.05) is 23.7 Å². The maximum atomic E-state index is 12.2. The second kappa shape index (κ2) is 9.18. The van der Waals surface area contributed by atoms with Crippen molar-refractivity contribution in [2.45, 2.75) is 19.9 Å². The Morgan fingerprint density at radius 3 is 2.86 bits per heavy atom. The minimum atomic E-state index is -0.100. The Hall–Kier alpha value is -3.13. The van der Waals surface area contributed by atoms with Gasteiger partial charge in [0.15, 0.2) is 17.4 Å². The second-order valence-electron chi connectivity index (χ2n) is 6.11. The van der Waals surface area contributed by atoms with Crippen LogP contribution in [0.4, 0.5) is 5.69 Å². The number of nitrogens with zero attached hydrogens (tertiary/aromatic N) is 4. The van der Waals surface area contributed by atoms with E-state index in [1.54, 1.807) is 13.1 Å². The predicted octanol–water partition coefficient (Wildman–Crippen LogP) is 2.38. The van der Waals surface area contributed by atoms with Gasteiger partial charge in [-0.05, 0) is 36.8 Å². The number of carbonyl (C=O) groups is 1. The molecule has 0 fully saturated rings. The highest BCUT2D eigenvalue weighted by Crippen LogP contribution is 2.22. The lowest BCUT2D eigenvalue weighted by Gasteiger charge is -2.12. The number of aromatic nitrogens is 3. The molecule has 0 aliphatic heterocycles. The van der Waals surface area contributed by atoms with Gasteiger partial charge in [-0.2, -0.15) is 0 Å². The Morgan fingerprint density at radius 2 is 2.04 bits per heavy atom. The first-order valence-corrected chi connectivity index (χ1v) is 9.24. The normalized spacial score (nSPS) is 11.5. The molecule has 0 radical (unpaired) electrons. The third-order valence-corrected chi connectivity index (χ3v) is 4.62. The Balaban J connectivity index is 1.46. The molecular weight excluding hydrogens is 378 g/mol. The van der Waals surface area contributed by atoms with Gasteiger partial charge >= 0.3 is 0 Å². The zero-order valence-corrected chi connectivity index (χ0v) is 16.5. The molecule has 9 heteroatoms. The van der Waals surface area contributed by atoms with Crippen LogP contribution < -0.4 is 16.0 Å². The number of aliphatic imine (C=N–C) groups is 1. The summed E-state index contributed by atoms with van der Waals surface area (Å²) in [4.78, 5) is 16.3. The van der Waals surface area contributed by atoms with Crippen LogP contribution in [0.2, 0.25) is 5.02 Å². The third kappa shape index (κ3) is 4.77. The van der Waals surface area contributed by atoms with Gasteiger partial charge in [0, 0.05) is 36.9 Å². The lowest BCUT2D eigenvalue weighted by Crippen LogP contribution is -2.38. The van der Waals surface area contributed by atoms with Crippen LogP contribution in [0.1, 0.15) is 17.8 Å². The van der Waals surface area contributed by atoms with E-state index >= 15 is 0 Å². The van der Waals surface area contributed by atoms with Gasteiger partial charge in [0.05, 0.1) is 6.54 Å². The molecule has 146 valence electrons. The summed E-state index contributed by atoms with van der Waals surface area (Å²) in [5, 5.41) is 18.1. The molecule has 8 nitrogen and oxygen atoms in total. The van der Waals surface area contributed by atoms with Crippen molar-refractivity contribution in [1.29, 1.82) is 0 Å². The van der Waals surface area contributed by atoms with E-state index < -0.39 is 0 Å². The number of halogens is 1. The van der Waals surface area contributed by atoms with Crippen LogP contribution in [0, 0.1) is 6.92 Å². The van der Waals surface area contributed by atoms with Gasteiger partial charge in [0.1, 0.15) is 0 Å². The number of benzene rings is 1. The monoisotopic (exact) mass is 399 g/mol. The van der Waals surface area contributed by atoms with Gasteiger partial charge < -0.3 is 16.0 Å². The van der Waals surface area contributed by atoms with Gasteiger partial charge in [-0.15, -0.1) is 10.2 Å². The Labute approximate surface area is 168 Å². The number of rotatable bonds is 6. The van der Waals surface area contributed by atoms with E-state index in [2.05, 4.69) is 31.1 Å². The summed E-state index contributed by atoms with van der Waals surface area (Å²) in [6, 6.07) is 11.2. The summed E-state index contributed by atoms with van der Waals surface area (Å²) in [5.41, 5.74) is 2.36. The summed E-state index contributed by atoms with van der Waals surface area (Å²) in [5.74, 6) is 1.25. The number of hydrogen-bond acceptors (Lipinski definition) is 4. The number of nitrogens with one attached hydrogen (secondary N) is 3. The fraction of sp³-hybridized carbons (Fsp3) is 0.263. The number of anilines is 1. The van der Waals surface area contributed by atoms with E-state index in [0.717, 1.165) is 22.7 Å². The van der Waals surface area contributed by atoms with E-state index in [1.807, 2.05) is 47.9 Å². The molecule has 3 aromatic rings. The number of carbonyl (C=O) groups excluding carboxylic acids is 1. The fourth-order valence-electron chi connectivity index (χ4n) is 2.64. The fourth-order valence-corrected chi connectivity index (χ4v) is 2.82. The number of amides is 1. The van der Waals surface area contributed by atoms with Crippen LogP contribution in [0.15, 0.2) is 47.6 Å². The summed E-state index contributed by atoms with van der Waals surface area (Å²) < 4.78 is 1.90. The van der Waals surface area contributed by atoms with E-state index in [1.165, 1.54) is 0 Å². The molecule has 3 rings (SSSR count). The Bertz CT molecular complexity index is 999. The van der Waals surface area contributed by atoms with Crippen molar-refractivity contribution in [1.82, 2.24) is 25.2 Å². The van der Waals surface area contributed by atoms with Crippen molar-refractivity contribution in [3.05, 3.63) is 59.0 Å². The van der Waals surface area contributed by atoms with Crippen molar-refractivity contribution < 1.29 is 4.79 Å². The minimum Gasteiger partial charge on any atom is -0.356 e. The summed E-state index contributed by atoms with van der Waals surface area (Å²) in [6.45, 7) is 2.76. The lowest BCUT2D eigenvalue weighted by molar-refractivity contribution is -0.116. The van der Waals surface area contributed by atoms with Crippen molar-refractivity contribution in [3.8, 4) is 0 Å². The van der Waals surface area contributed by atoms with E-state index in [4.69, 9.17) is 11.6 Å².